The molecule has 0 bridgehead atoms. The van der Waals surface area contributed by atoms with Crippen molar-refractivity contribution < 1.29 is 10.2 Å². The van der Waals surface area contributed by atoms with Gasteiger partial charge in [0.1, 0.15) is 0 Å². The Morgan fingerprint density at radius 1 is 0.526 bits per heavy atom. The molecule has 2 nitrogen and oxygen atoms in total. The van der Waals surface area contributed by atoms with E-state index in [9.17, 15) is 10.2 Å². The van der Waals surface area contributed by atoms with Gasteiger partial charge in [0.25, 0.3) is 0 Å². The molecule has 0 heterocycles. The van der Waals surface area contributed by atoms with E-state index in [1.165, 1.54) is 38.5 Å². The lowest BCUT2D eigenvalue weighted by Gasteiger charge is -2.12. The van der Waals surface area contributed by atoms with Gasteiger partial charge >= 0.3 is 0 Å². The van der Waals surface area contributed by atoms with E-state index in [1.54, 1.807) is 0 Å². The fourth-order valence-corrected chi connectivity index (χ4v) is 2.55. The van der Waals surface area contributed by atoms with E-state index in [0.29, 0.717) is 0 Å². The van der Waals surface area contributed by atoms with E-state index in [2.05, 4.69) is 13.8 Å². The summed E-state index contributed by atoms with van der Waals surface area (Å²) in [5.74, 6) is 0. The molecule has 0 aliphatic heterocycles. The van der Waals surface area contributed by atoms with Crippen LogP contribution in [0.25, 0.3) is 0 Å². The highest BCUT2D eigenvalue weighted by atomic mass is 16.3. The van der Waals surface area contributed by atoms with Crippen LogP contribution in [-0.4, -0.2) is 22.4 Å². The van der Waals surface area contributed by atoms with E-state index in [4.69, 9.17) is 0 Å². The third-order valence-electron chi connectivity index (χ3n) is 3.84. The smallest absolute Gasteiger partial charge is 0.0540 e. The predicted molar refractivity (Wildman–Crippen MR) is 83.4 cm³/mol. The van der Waals surface area contributed by atoms with E-state index < -0.39 is 0 Å². The van der Waals surface area contributed by atoms with Gasteiger partial charge in [-0.15, -0.1) is 0 Å². The van der Waals surface area contributed by atoms with E-state index in [-0.39, 0.29) is 12.2 Å². The van der Waals surface area contributed by atoms with Gasteiger partial charge in [0.15, 0.2) is 0 Å². The van der Waals surface area contributed by atoms with Gasteiger partial charge in [-0.25, -0.2) is 0 Å². The zero-order chi connectivity index (χ0) is 14.3. The van der Waals surface area contributed by atoms with Crippen LogP contribution in [0.15, 0.2) is 0 Å². The van der Waals surface area contributed by atoms with Crippen molar-refractivity contribution in [3.63, 3.8) is 0 Å². The van der Waals surface area contributed by atoms with Crippen molar-refractivity contribution in [1.82, 2.24) is 0 Å². The Morgan fingerprint density at radius 2 is 1.00 bits per heavy atom. The summed E-state index contributed by atoms with van der Waals surface area (Å²) in [7, 11) is 0. The number of rotatable bonds is 14. The quantitative estimate of drug-likeness (QED) is 0.445. The summed E-state index contributed by atoms with van der Waals surface area (Å²) in [6.45, 7) is 4.34. The second kappa shape index (κ2) is 14.3. The maximum atomic E-state index is 9.85. The first kappa shape index (κ1) is 18.9. The number of unbranched alkanes of at least 4 members (excludes halogenated alkanes) is 6. The van der Waals surface area contributed by atoms with Crippen molar-refractivity contribution in [2.24, 2.45) is 0 Å². The molecule has 0 aromatic carbocycles. The summed E-state index contributed by atoms with van der Waals surface area (Å²) >= 11 is 0. The lowest BCUT2D eigenvalue weighted by Crippen LogP contribution is -2.10. The maximum absolute atomic E-state index is 9.85. The largest absolute Gasteiger partial charge is 0.393 e. The van der Waals surface area contributed by atoms with Crippen LogP contribution in [0.4, 0.5) is 0 Å². The van der Waals surface area contributed by atoms with Gasteiger partial charge in [-0.05, 0) is 32.1 Å². The molecule has 0 rings (SSSR count). The number of hydrogen-bond donors (Lipinski definition) is 2. The van der Waals surface area contributed by atoms with Crippen molar-refractivity contribution in [2.45, 2.75) is 110 Å². The van der Waals surface area contributed by atoms with Crippen LogP contribution >= 0.6 is 0 Å². The van der Waals surface area contributed by atoms with Gasteiger partial charge in [0.2, 0.25) is 0 Å². The molecule has 2 atom stereocenters. The first-order valence-corrected chi connectivity index (χ1v) is 8.56. The lowest BCUT2D eigenvalue weighted by atomic mass is 10.0. The molecule has 0 radical (unpaired) electrons. The standard InChI is InChI=1S/C17H36O2/c1-3-5-6-7-8-9-10-13-17(19)15-11-14-16(18)12-4-2/h16-19H,3-15H2,1-2H3. The molecular weight excluding hydrogens is 236 g/mol. The Morgan fingerprint density at radius 3 is 1.58 bits per heavy atom. The second-order valence-electron chi connectivity index (χ2n) is 5.94. The topological polar surface area (TPSA) is 40.5 Å². The third-order valence-corrected chi connectivity index (χ3v) is 3.84. The Kier molecular flexibility index (Phi) is 14.3. The second-order valence-corrected chi connectivity index (χ2v) is 5.94. The van der Waals surface area contributed by atoms with Crippen LogP contribution in [-0.2, 0) is 0 Å². The number of hydrogen-bond acceptors (Lipinski definition) is 2. The Hall–Kier alpha value is -0.0800. The number of aliphatic hydroxyl groups is 2. The molecule has 0 saturated carbocycles. The van der Waals surface area contributed by atoms with Crippen molar-refractivity contribution in [2.75, 3.05) is 0 Å². The molecular formula is C17H36O2. The minimum atomic E-state index is -0.157. The summed E-state index contributed by atoms with van der Waals surface area (Å²) < 4.78 is 0. The van der Waals surface area contributed by atoms with Crippen LogP contribution in [0.2, 0.25) is 0 Å². The number of aliphatic hydroxyl groups excluding tert-OH is 2. The Balaban J connectivity index is 3.23. The average molecular weight is 272 g/mol. The minimum Gasteiger partial charge on any atom is -0.393 e. The van der Waals surface area contributed by atoms with Crippen LogP contribution < -0.4 is 0 Å². The monoisotopic (exact) mass is 272 g/mol. The Labute approximate surface area is 120 Å². The maximum Gasteiger partial charge on any atom is 0.0540 e. The third kappa shape index (κ3) is 14.1. The van der Waals surface area contributed by atoms with Crippen LogP contribution in [0.5, 0.6) is 0 Å². The fourth-order valence-electron chi connectivity index (χ4n) is 2.55. The summed E-state index contributed by atoms with van der Waals surface area (Å²) in [5, 5.41) is 19.4. The summed E-state index contributed by atoms with van der Waals surface area (Å²) in [5.41, 5.74) is 0. The van der Waals surface area contributed by atoms with Crippen LogP contribution in [0.3, 0.4) is 0 Å². The summed E-state index contributed by atoms with van der Waals surface area (Å²) in [6, 6.07) is 0. The first-order valence-electron chi connectivity index (χ1n) is 8.56. The molecule has 116 valence electrons. The Bertz CT molecular complexity index is 171. The average Bonchev–Trinajstić information content (AvgIpc) is 2.38. The van der Waals surface area contributed by atoms with E-state index in [0.717, 1.165) is 44.9 Å². The molecule has 0 aromatic rings. The van der Waals surface area contributed by atoms with Gasteiger partial charge in [0.05, 0.1) is 12.2 Å². The van der Waals surface area contributed by atoms with Crippen molar-refractivity contribution in [1.29, 1.82) is 0 Å². The molecule has 0 aromatic heterocycles. The molecule has 19 heavy (non-hydrogen) atoms. The summed E-state index contributed by atoms with van der Waals surface area (Å²) in [4.78, 5) is 0. The zero-order valence-electron chi connectivity index (χ0n) is 13.2. The molecule has 2 N–H and O–H groups in total. The van der Waals surface area contributed by atoms with Gasteiger partial charge in [-0.3, -0.25) is 0 Å². The van der Waals surface area contributed by atoms with Crippen LogP contribution in [0, 0.1) is 0 Å². The van der Waals surface area contributed by atoms with Crippen LogP contribution in [0.1, 0.15) is 97.3 Å². The first-order chi connectivity index (χ1) is 9.20. The van der Waals surface area contributed by atoms with Crippen molar-refractivity contribution >= 4 is 0 Å². The van der Waals surface area contributed by atoms with Gasteiger partial charge < -0.3 is 10.2 Å². The summed E-state index contributed by atoms with van der Waals surface area (Å²) in [6.07, 6.45) is 14.4. The van der Waals surface area contributed by atoms with E-state index in [1.807, 2.05) is 0 Å². The predicted octanol–water partition coefficient (Wildman–Crippen LogP) is 4.82. The SMILES string of the molecule is CCCCCCCCCC(O)CCCC(O)CCC. The lowest BCUT2D eigenvalue weighted by molar-refractivity contribution is 0.122. The van der Waals surface area contributed by atoms with Crippen molar-refractivity contribution in [3.05, 3.63) is 0 Å². The van der Waals surface area contributed by atoms with Crippen molar-refractivity contribution in [3.8, 4) is 0 Å². The van der Waals surface area contributed by atoms with Gasteiger partial charge in [-0.2, -0.15) is 0 Å². The highest BCUT2D eigenvalue weighted by Crippen LogP contribution is 2.14. The van der Waals surface area contributed by atoms with Gasteiger partial charge in [-0.1, -0.05) is 65.2 Å². The highest BCUT2D eigenvalue weighted by molar-refractivity contribution is 4.60. The zero-order valence-corrected chi connectivity index (χ0v) is 13.2. The molecule has 0 aliphatic carbocycles. The molecule has 0 aliphatic rings. The normalized spacial score (nSPS) is 14.5. The minimum absolute atomic E-state index is 0.149. The molecule has 0 amide bonds. The molecule has 2 unspecified atom stereocenters. The molecule has 0 spiro atoms. The molecule has 0 fully saturated rings. The molecule has 0 saturated heterocycles. The van der Waals surface area contributed by atoms with Gasteiger partial charge in [0, 0.05) is 0 Å². The highest BCUT2D eigenvalue weighted by Gasteiger charge is 2.07. The molecule has 2 heteroatoms. The van der Waals surface area contributed by atoms with E-state index >= 15 is 0 Å². The fraction of sp³-hybridized carbons (Fsp3) is 1.00.